The summed E-state index contributed by atoms with van der Waals surface area (Å²) in [6.07, 6.45) is 4.36. The normalized spacial score (nSPS) is 30.6. The number of nitrogens with one attached hydrogen (secondary N) is 1. The third-order valence-corrected chi connectivity index (χ3v) is 4.73. The van der Waals surface area contributed by atoms with E-state index in [-0.39, 0.29) is 11.7 Å². The van der Waals surface area contributed by atoms with E-state index in [4.69, 9.17) is 0 Å². The lowest BCUT2D eigenvalue weighted by Crippen LogP contribution is -2.44. The van der Waals surface area contributed by atoms with E-state index in [1.54, 1.807) is 6.92 Å². The summed E-state index contributed by atoms with van der Waals surface area (Å²) in [7, 11) is 2.16. The molecule has 0 aromatic heterocycles. The van der Waals surface area contributed by atoms with E-state index in [0.717, 1.165) is 12.8 Å². The first-order valence-corrected chi connectivity index (χ1v) is 6.99. The van der Waals surface area contributed by atoms with Crippen molar-refractivity contribution in [2.45, 2.75) is 50.7 Å². The van der Waals surface area contributed by atoms with Crippen LogP contribution < -0.4 is 5.32 Å². The molecule has 2 unspecified atom stereocenters. The van der Waals surface area contributed by atoms with Crippen LogP contribution in [0.4, 0.5) is 14.5 Å². The topological polar surface area (TPSA) is 15.3 Å². The maximum Gasteiger partial charge on any atom is 0.152 e. The average Bonchev–Trinajstić information content (AvgIpc) is 2.63. The molecule has 19 heavy (non-hydrogen) atoms. The fraction of sp³-hybridized carbons (Fsp3) is 0.600. The van der Waals surface area contributed by atoms with Gasteiger partial charge in [-0.25, -0.2) is 8.78 Å². The minimum Gasteiger partial charge on any atom is -0.377 e. The van der Waals surface area contributed by atoms with E-state index >= 15 is 0 Å². The third kappa shape index (κ3) is 2.22. The predicted molar refractivity (Wildman–Crippen MR) is 72.3 cm³/mol. The Morgan fingerprint density at radius 2 is 1.79 bits per heavy atom. The highest BCUT2D eigenvalue weighted by Crippen LogP contribution is 2.36. The monoisotopic (exact) mass is 266 g/mol. The van der Waals surface area contributed by atoms with Gasteiger partial charge in [0.2, 0.25) is 0 Å². The molecule has 2 heterocycles. The van der Waals surface area contributed by atoms with E-state index in [0.29, 0.717) is 17.6 Å². The molecule has 0 amide bonds. The van der Waals surface area contributed by atoms with Crippen LogP contribution in [-0.4, -0.2) is 30.1 Å². The van der Waals surface area contributed by atoms with Crippen molar-refractivity contribution in [3.05, 3.63) is 29.3 Å². The van der Waals surface area contributed by atoms with Crippen molar-refractivity contribution in [3.8, 4) is 0 Å². The molecule has 1 aromatic carbocycles. The van der Waals surface area contributed by atoms with Crippen LogP contribution in [0.5, 0.6) is 0 Å². The number of anilines is 1. The van der Waals surface area contributed by atoms with Crippen molar-refractivity contribution in [2.75, 3.05) is 12.4 Å². The van der Waals surface area contributed by atoms with Crippen molar-refractivity contribution in [2.24, 2.45) is 0 Å². The van der Waals surface area contributed by atoms with Crippen molar-refractivity contribution in [1.29, 1.82) is 0 Å². The molecule has 2 fully saturated rings. The zero-order valence-electron chi connectivity index (χ0n) is 11.4. The second-order valence-corrected chi connectivity index (χ2v) is 5.92. The lowest BCUT2D eigenvalue weighted by Gasteiger charge is -2.37. The third-order valence-electron chi connectivity index (χ3n) is 4.73. The summed E-state index contributed by atoms with van der Waals surface area (Å²) >= 11 is 0. The maximum atomic E-state index is 14.0. The number of hydrogen-bond donors (Lipinski definition) is 1. The second kappa shape index (κ2) is 4.75. The molecule has 4 heteroatoms. The molecule has 0 radical (unpaired) electrons. The van der Waals surface area contributed by atoms with E-state index in [1.165, 1.54) is 25.0 Å². The van der Waals surface area contributed by atoms with Crippen molar-refractivity contribution in [3.63, 3.8) is 0 Å². The van der Waals surface area contributed by atoms with Gasteiger partial charge in [0.25, 0.3) is 0 Å². The molecular weight excluding hydrogens is 246 g/mol. The number of fused-ring (bicyclic) bond motifs is 2. The van der Waals surface area contributed by atoms with Gasteiger partial charge in [0.1, 0.15) is 11.5 Å². The fourth-order valence-electron chi connectivity index (χ4n) is 3.52. The maximum absolute atomic E-state index is 14.0. The van der Waals surface area contributed by atoms with E-state index in [2.05, 4.69) is 17.3 Å². The molecule has 1 N–H and O–H groups in total. The SMILES string of the molecule is Cc1ccc(F)c(NC2CC3CCC(C2)N3C)c1F. The number of hydrogen-bond acceptors (Lipinski definition) is 2. The standard InChI is InChI=1S/C15H20F2N2/c1-9-3-6-13(16)15(14(9)17)18-10-7-11-4-5-12(8-10)19(11)2/h3,6,10-12,18H,4-5,7-8H2,1-2H3. The Kier molecular flexibility index (Phi) is 3.21. The zero-order chi connectivity index (χ0) is 13.6. The van der Waals surface area contributed by atoms with Crippen LogP contribution in [0.15, 0.2) is 12.1 Å². The van der Waals surface area contributed by atoms with Gasteiger partial charge in [-0.2, -0.15) is 0 Å². The highest BCUT2D eigenvalue weighted by atomic mass is 19.1. The smallest absolute Gasteiger partial charge is 0.152 e. The predicted octanol–water partition coefficient (Wildman–Crippen LogP) is 3.31. The van der Waals surface area contributed by atoms with Crippen LogP contribution in [0.1, 0.15) is 31.2 Å². The largest absolute Gasteiger partial charge is 0.377 e. The molecule has 104 valence electrons. The van der Waals surface area contributed by atoms with E-state index in [9.17, 15) is 8.78 Å². The molecule has 2 atom stereocenters. The summed E-state index contributed by atoms with van der Waals surface area (Å²) in [6.45, 7) is 1.66. The molecule has 0 saturated carbocycles. The number of aryl methyl sites for hydroxylation is 1. The van der Waals surface area contributed by atoms with Gasteiger partial charge in [-0.1, -0.05) is 6.07 Å². The number of piperidine rings is 1. The lowest BCUT2D eigenvalue weighted by atomic mass is 9.97. The molecule has 2 bridgehead atoms. The van der Waals surface area contributed by atoms with E-state index < -0.39 is 11.6 Å². The molecule has 3 rings (SSSR count). The molecule has 0 spiro atoms. The minimum absolute atomic E-state index is 0.0500. The molecule has 2 aliphatic rings. The summed E-state index contributed by atoms with van der Waals surface area (Å²) in [4.78, 5) is 2.42. The quantitative estimate of drug-likeness (QED) is 0.883. The van der Waals surface area contributed by atoms with Gasteiger partial charge in [0.05, 0.1) is 0 Å². The van der Waals surface area contributed by atoms with Gasteiger partial charge in [0.15, 0.2) is 5.82 Å². The fourth-order valence-corrected chi connectivity index (χ4v) is 3.52. The summed E-state index contributed by atoms with van der Waals surface area (Å²) in [6, 6.07) is 4.12. The van der Waals surface area contributed by atoms with Crippen LogP contribution >= 0.6 is 0 Å². The van der Waals surface area contributed by atoms with Crippen LogP contribution in [-0.2, 0) is 0 Å². The first kappa shape index (κ1) is 12.9. The highest BCUT2D eigenvalue weighted by Gasteiger charge is 2.38. The van der Waals surface area contributed by atoms with Gasteiger partial charge in [-0.15, -0.1) is 0 Å². The molecular formula is C15H20F2N2. The van der Waals surface area contributed by atoms with Crippen LogP contribution in [0.25, 0.3) is 0 Å². The summed E-state index contributed by atoms with van der Waals surface area (Å²) < 4.78 is 27.8. The van der Waals surface area contributed by atoms with Gasteiger partial charge in [-0.05, 0) is 51.3 Å². The van der Waals surface area contributed by atoms with Crippen LogP contribution in [0.3, 0.4) is 0 Å². The summed E-state index contributed by atoms with van der Waals surface area (Å²) in [5, 5.41) is 3.10. The Bertz CT molecular complexity index is 475. The Balaban J connectivity index is 1.78. The van der Waals surface area contributed by atoms with Gasteiger partial charge >= 0.3 is 0 Å². The molecule has 2 saturated heterocycles. The van der Waals surface area contributed by atoms with Crippen molar-refractivity contribution < 1.29 is 8.78 Å². The van der Waals surface area contributed by atoms with Gasteiger partial charge in [-0.3, -0.25) is 0 Å². The van der Waals surface area contributed by atoms with Crippen LogP contribution in [0, 0.1) is 18.6 Å². The number of nitrogens with zero attached hydrogens (tertiary/aromatic N) is 1. The second-order valence-electron chi connectivity index (χ2n) is 5.92. The van der Waals surface area contributed by atoms with E-state index in [1.807, 2.05) is 0 Å². The minimum atomic E-state index is -0.491. The summed E-state index contributed by atoms with van der Waals surface area (Å²) in [5.41, 5.74) is 0.536. The number of rotatable bonds is 2. The zero-order valence-corrected chi connectivity index (χ0v) is 11.4. The Morgan fingerprint density at radius 3 is 2.42 bits per heavy atom. The average molecular weight is 266 g/mol. The highest BCUT2D eigenvalue weighted by molar-refractivity contribution is 5.49. The number of halogens is 2. The van der Waals surface area contributed by atoms with Crippen molar-refractivity contribution in [1.82, 2.24) is 4.90 Å². The molecule has 2 nitrogen and oxygen atoms in total. The summed E-state index contributed by atoms with van der Waals surface area (Å²) in [5.74, 6) is -0.944. The first-order chi connectivity index (χ1) is 9.06. The Morgan fingerprint density at radius 1 is 1.16 bits per heavy atom. The molecule has 0 aliphatic carbocycles. The Labute approximate surface area is 112 Å². The van der Waals surface area contributed by atoms with Gasteiger partial charge < -0.3 is 10.2 Å². The van der Waals surface area contributed by atoms with Crippen LogP contribution in [0.2, 0.25) is 0 Å². The molecule has 2 aliphatic heterocycles. The first-order valence-electron chi connectivity index (χ1n) is 6.99. The van der Waals surface area contributed by atoms with Gasteiger partial charge in [0, 0.05) is 18.1 Å². The lowest BCUT2D eigenvalue weighted by molar-refractivity contribution is 0.168. The Hall–Kier alpha value is -1.16. The number of benzene rings is 1. The van der Waals surface area contributed by atoms with Crippen molar-refractivity contribution >= 4 is 5.69 Å². The molecule has 1 aromatic rings.